The summed E-state index contributed by atoms with van der Waals surface area (Å²) >= 11 is 1.23. The van der Waals surface area contributed by atoms with Crippen molar-refractivity contribution in [3.05, 3.63) is 65.9 Å². The summed E-state index contributed by atoms with van der Waals surface area (Å²) in [6.07, 6.45) is 1.82. The summed E-state index contributed by atoms with van der Waals surface area (Å²) in [6.45, 7) is 1.80. The summed E-state index contributed by atoms with van der Waals surface area (Å²) in [4.78, 5) is 3.16. The van der Waals surface area contributed by atoms with Crippen molar-refractivity contribution in [1.82, 2.24) is 15.2 Å². The maximum atomic E-state index is 13.9. The van der Waals surface area contributed by atoms with Gasteiger partial charge < -0.3 is 9.40 Å². The minimum atomic E-state index is -0.599. The van der Waals surface area contributed by atoms with Gasteiger partial charge in [-0.15, -0.1) is 10.2 Å². The quantitative estimate of drug-likeness (QED) is 0.500. The largest absolute Gasteiger partial charge is 0.411 e. The van der Waals surface area contributed by atoms with Gasteiger partial charge in [0.15, 0.2) is 0 Å². The number of H-pyrrole nitrogens is 1. The van der Waals surface area contributed by atoms with Crippen molar-refractivity contribution in [2.75, 3.05) is 0 Å². The van der Waals surface area contributed by atoms with Crippen LogP contribution in [0.25, 0.3) is 22.4 Å². The van der Waals surface area contributed by atoms with E-state index in [2.05, 4.69) is 15.2 Å². The molecule has 2 aromatic heterocycles. The van der Waals surface area contributed by atoms with Crippen LogP contribution in [0, 0.1) is 11.6 Å². The van der Waals surface area contributed by atoms with Gasteiger partial charge in [-0.25, -0.2) is 8.78 Å². The van der Waals surface area contributed by atoms with Crippen LogP contribution in [0.3, 0.4) is 0 Å². The van der Waals surface area contributed by atoms with E-state index in [9.17, 15) is 8.78 Å². The molecule has 0 saturated heterocycles. The standard InChI is InChI=1S/C18H13F2N3OS/c1-10(12-7-6-11(19)8-15(12)20)25-18-23-22-17(24-18)14-9-21-16-5-3-2-4-13(14)16/h2-10,21H,1H3. The number of para-hydroxylation sites is 1. The van der Waals surface area contributed by atoms with Crippen LogP contribution in [0.15, 0.2) is 58.3 Å². The lowest BCUT2D eigenvalue weighted by atomic mass is 10.1. The lowest BCUT2D eigenvalue weighted by molar-refractivity contribution is 0.465. The smallest absolute Gasteiger partial charge is 0.277 e. The minimum Gasteiger partial charge on any atom is -0.411 e. The van der Waals surface area contributed by atoms with E-state index in [1.54, 1.807) is 6.92 Å². The second-order valence-corrected chi connectivity index (χ2v) is 6.84. The molecule has 0 fully saturated rings. The predicted molar refractivity (Wildman–Crippen MR) is 92.2 cm³/mol. The topological polar surface area (TPSA) is 54.7 Å². The number of nitrogens with one attached hydrogen (secondary N) is 1. The third-order valence-corrected chi connectivity index (χ3v) is 4.88. The fourth-order valence-electron chi connectivity index (χ4n) is 2.66. The van der Waals surface area contributed by atoms with Gasteiger partial charge >= 0.3 is 0 Å². The molecular weight excluding hydrogens is 344 g/mol. The number of hydrogen-bond acceptors (Lipinski definition) is 4. The van der Waals surface area contributed by atoms with Gasteiger partial charge in [-0.1, -0.05) is 36.0 Å². The van der Waals surface area contributed by atoms with Crippen LogP contribution >= 0.6 is 11.8 Å². The third-order valence-electron chi connectivity index (χ3n) is 3.90. The monoisotopic (exact) mass is 357 g/mol. The maximum absolute atomic E-state index is 13.9. The molecule has 25 heavy (non-hydrogen) atoms. The van der Waals surface area contributed by atoms with E-state index in [4.69, 9.17) is 4.42 Å². The summed E-state index contributed by atoms with van der Waals surface area (Å²) in [6, 6.07) is 11.3. The average Bonchev–Trinajstić information content (AvgIpc) is 3.21. The molecule has 7 heteroatoms. The Balaban J connectivity index is 1.59. The lowest BCUT2D eigenvalue weighted by Gasteiger charge is -2.09. The average molecular weight is 357 g/mol. The summed E-state index contributed by atoms with van der Waals surface area (Å²) < 4.78 is 32.6. The molecule has 2 heterocycles. The number of aromatic nitrogens is 3. The molecule has 4 aromatic rings. The van der Waals surface area contributed by atoms with Gasteiger partial charge in [0.25, 0.3) is 11.1 Å². The van der Waals surface area contributed by atoms with Gasteiger partial charge in [0, 0.05) is 34.0 Å². The van der Waals surface area contributed by atoms with Gasteiger partial charge in [-0.05, 0) is 19.1 Å². The van der Waals surface area contributed by atoms with Gasteiger partial charge in [0.2, 0.25) is 0 Å². The predicted octanol–water partition coefficient (Wildman–Crippen LogP) is 5.35. The van der Waals surface area contributed by atoms with Crippen molar-refractivity contribution < 1.29 is 13.2 Å². The molecule has 2 aromatic carbocycles. The molecule has 0 aliphatic heterocycles. The van der Waals surface area contributed by atoms with Gasteiger partial charge in [0.05, 0.1) is 5.56 Å². The van der Waals surface area contributed by atoms with Gasteiger partial charge in [-0.3, -0.25) is 0 Å². The molecule has 4 rings (SSSR count). The summed E-state index contributed by atoms with van der Waals surface area (Å²) in [5.74, 6) is -0.791. The number of thioether (sulfide) groups is 1. The number of benzene rings is 2. The van der Waals surface area contributed by atoms with Crippen molar-refractivity contribution in [2.45, 2.75) is 17.4 Å². The molecule has 0 spiro atoms. The Hall–Kier alpha value is -2.67. The molecule has 1 unspecified atom stereocenters. The molecule has 0 saturated carbocycles. The number of rotatable bonds is 4. The Morgan fingerprint density at radius 3 is 2.80 bits per heavy atom. The number of fused-ring (bicyclic) bond motifs is 1. The van der Waals surface area contributed by atoms with E-state index in [1.807, 2.05) is 30.5 Å². The molecule has 4 nitrogen and oxygen atoms in total. The van der Waals surface area contributed by atoms with Crippen molar-refractivity contribution in [2.24, 2.45) is 0 Å². The van der Waals surface area contributed by atoms with E-state index in [0.717, 1.165) is 22.5 Å². The first-order valence-electron chi connectivity index (χ1n) is 7.63. The molecule has 1 N–H and O–H groups in total. The maximum Gasteiger partial charge on any atom is 0.277 e. The van der Waals surface area contributed by atoms with E-state index < -0.39 is 11.6 Å². The molecular formula is C18H13F2N3OS. The number of halogens is 2. The number of nitrogens with zero attached hydrogens (tertiary/aromatic N) is 2. The number of hydrogen-bond donors (Lipinski definition) is 1. The highest BCUT2D eigenvalue weighted by Gasteiger charge is 2.18. The summed E-state index contributed by atoms with van der Waals surface area (Å²) in [7, 11) is 0. The fourth-order valence-corrected chi connectivity index (χ4v) is 3.50. The third kappa shape index (κ3) is 3.02. The van der Waals surface area contributed by atoms with Crippen LogP contribution in [0.4, 0.5) is 8.78 Å². The van der Waals surface area contributed by atoms with Crippen LogP contribution < -0.4 is 0 Å². The summed E-state index contributed by atoms with van der Waals surface area (Å²) in [5, 5.41) is 9.13. The molecule has 126 valence electrons. The highest BCUT2D eigenvalue weighted by Crippen LogP contribution is 2.37. The van der Waals surface area contributed by atoms with Crippen molar-refractivity contribution >= 4 is 22.7 Å². The van der Waals surface area contributed by atoms with Crippen molar-refractivity contribution in [3.8, 4) is 11.5 Å². The summed E-state index contributed by atoms with van der Waals surface area (Å²) in [5.41, 5.74) is 2.18. The van der Waals surface area contributed by atoms with E-state index in [-0.39, 0.29) is 5.25 Å². The zero-order valence-electron chi connectivity index (χ0n) is 13.2. The minimum absolute atomic E-state index is 0.295. The van der Waals surface area contributed by atoms with E-state index >= 15 is 0 Å². The Morgan fingerprint density at radius 1 is 1.12 bits per heavy atom. The fraction of sp³-hybridized carbons (Fsp3) is 0.111. The Labute approximate surface area is 146 Å². The highest BCUT2D eigenvalue weighted by molar-refractivity contribution is 7.99. The highest BCUT2D eigenvalue weighted by atomic mass is 32.2. The van der Waals surface area contributed by atoms with Crippen molar-refractivity contribution in [3.63, 3.8) is 0 Å². The Bertz CT molecular complexity index is 1040. The Morgan fingerprint density at radius 2 is 1.96 bits per heavy atom. The van der Waals surface area contributed by atoms with E-state index in [0.29, 0.717) is 16.7 Å². The van der Waals surface area contributed by atoms with E-state index in [1.165, 1.54) is 23.9 Å². The first-order valence-corrected chi connectivity index (χ1v) is 8.51. The molecule has 0 radical (unpaired) electrons. The molecule has 0 amide bonds. The van der Waals surface area contributed by atoms with Crippen LogP contribution in [0.2, 0.25) is 0 Å². The number of aromatic amines is 1. The molecule has 0 aliphatic carbocycles. The zero-order chi connectivity index (χ0) is 17.4. The SMILES string of the molecule is CC(Sc1nnc(-c2c[nH]c3ccccc23)o1)c1ccc(F)cc1F. The van der Waals surface area contributed by atoms with Gasteiger partial charge in [-0.2, -0.15) is 0 Å². The second kappa shape index (κ2) is 6.33. The lowest BCUT2D eigenvalue weighted by Crippen LogP contribution is -1.94. The molecule has 0 aliphatic rings. The second-order valence-electron chi connectivity index (χ2n) is 5.55. The molecule has 0 bridgehead atoms. The van der Waals surface area contributed by atoms with Crippen molar-refractivity contribution in [1.29, 1.82) is 0 Å². The Kier molecular flexibility index (Phi) is 4.01. The normalized spacial score (nSPS) is 12.6. The van der Waals surface area contributed by atoms with Crippen LogP contribution in [0.5, 0.6) is 0 Å². The van der Waals surface area contributed by atoms with Crippen LogP contribution in [-0.2, 0) is 0 Å². The molecule has 1 atom stereocenters. The van der Waals surface area contributed by atoms with Gasteiger partial charge in [0.1, 0.15) is 11.6 Å². The first-order chi connectivity index (χ1) is 12.1. The zero-order valence-corrected chi connectivity index (χ0v) is 14.0. The van der Waals surface area contributed by atoms with Crippen LogP contribution in [0.1, 0.15) is 17.7 Å². The van der Waals surface area contributed by atoms with Crippen LogP contribution in [-0.4, -0.2) is 15.2 Å². The first kappa shape index (κ1) is 15.8.